The monoisotopic (exact) mass is 314 g/mol. The van der Waals surface area contributed by atoms with E-state index in [9.17, 15) is 0 Å². The number of benzene rings is 1. The molecule has 0 amide bonds. The van der Waals surface area contributed by atoms with Gasteiger partial charge in [0.1, 0.15) is 4.99 Å². The van der Waals surface area contributed by atoms with E-state index in [-0.39, 0.29) is 0 Å². The van der Waals surface area contributed by atoms with Crippen LogP contribution in [0.15, 0.2) is 22.7 Å². The van der Waals surface area contributed by atoms with Crippen LogP contribution in [0.5, 0.6) is 0 Å². The van der Waals surface area contributed by atoms with E-state index >= 15 is 0 Å². The Morgan fingerprint density at radius 2 is 2.18 bits per heavy atom. The van der Waals surface area contributed by atoms with Crippen LogP contribution in [0.1, 0.15) is 32.3 Å². The summed E-state index contributed by atoms with van der Waals surface area (Å²) in [4.78, 5) is 0.434. The van der Waals surface area contributed by atoms with Crippen LogP contribution in [-0.2, 0) is 0 Å². The summed E-state index contributed by atoms with van der Waals surface area (Å²) >= 11 is 8.49. The van der Waals surface area contributed by atoms with Gasteiger partial charge in [0.05, 0.1) is 0 Å². The minimum atomic E-state index is 0.434. The number of anilines is 1. The second-order valence-corrected chi connectivity index (χ2v) is 5.87. The molecule has 0 radical (unpaired) electrons. The molecule has 1 rings (SSSR count). The van der Waals surface area contributed by atoms with Gasteiger partial charge in [-0.05, 0) is 37.0 Å². The third-order valence-electron chi connectivity index (χ3n) is 2.52. The predicted octanol–water partition coefficient (Wildman–Crippen LogP) is 3.93. The fourth-order valence-electron chi connectivity index (χ4n) is 1.61. The van der Waals surface area contributed by atoms with Crippen LogP contribution in [0, 0.1) is 5.92 Å². The van der Waals surface area contributed by atoms with Crippen molar-refractivity contribution in [3.8, 4) is 0 Å². The lowest BCUT2D eigenvalue weighted by Gasteiger charge is -2.12. The first-order valence-electron chi connectivity index (χ1n) is 5.84. The van der Waals surface area contributed by atoms with Crippen LogP contribution in [0.25, 0.3) is 0 Å². The Kier molecular flexibility index (Phi) is 5.92. The second kappa shape index (κ2) is 6.97. The molecule has 17 heavy (non-hydrogen) atoms. The average molecular weight is 315 g/mol. The zero-order valence-electron chi connectivity index (χ0n) is 10.3. The molecule has 1 aromatic rings. The molecule has 4 heteroatoms. The number of hydrogen-bond acceptors (Lipinski definition) is 2. The highest BCUT2D eigenvalue weighted by atomic mass is 79.9. The average Bonchev–Trinajstić information content (AvgIpc) is 2.23. The molecular weight excluding hydrogens is 296 g/mol. The molecule has 2 nitrogen and oxygen atoms in total. The summed E-state index contributed by atoms with van der Waals surface area (Å²) in [5.74, 6) is 0.745. The molecule has 0 atom stereocenters. The number of halogens is 1. The van der Waals surface area contributed by atoms with Crippen molar-refractivity contribution in [2.45, 2.75) is 26.7 Å². The van der Waals surface area contributed by atoms with E-state index in [4.69, 9.17) is 18.0 Å². The van der Waals surface area contributed by atoms with E-state index in [0.29, 0.717) is 4.99 Å². The zero-order valence-corrected chi connectivity index (χ0v) is 12.7. The van der Waals surface area contributed by atoms with Crippen molar-refractivity contribution >= 4 is 38.8 Å². The van der Waals surface area contributed by atoms with Gasteiger partial charge in [-0.25, -0.2) is 0 Å². The van der Waals surface area contributed by atoms with E-state index in [0.717, 1.165) is 34.6 Å². The lowest BCUT2D eigenvalue weighted by molar-refractivity contribution is 0.567. The van der Waals surface area contributed by atoms with Crippen LogP contribution in [0.4, 0.5) is 5.69 Å². The van der Waals surface area contributed by atoms with Gasteiger partial charge in [0.15, 0.2) is 0 Å². The van der Waals surface area contributed by atoms with Gasteiger partial charge in [-0.15, -0.1) is 0 Å². The first-order valence-corrected chi connectivity index (χ1v) is 7.04. The lowest BCUT2D eigenvalue weighted by atomic mass is 10.1. The summed E-state index contributed by atoms with van der Waals surface area (Å²) in [6.07, 6.45) is 2.38. The Balaban J connectivity index is 2.62. The molecule has 0 saturated heterocycles. The highest BCUT2D eigenvalue weighted by Gasteiger charge is 2.05. The highest BCUT2D eigenvalue weighted by molar-refractivity contribution is 9.10. The maximum atomic E-state index is 5.69. The van der Waals surface area contributed by atoms with Gasteiger partial charge in [0.2, 0.25) is 0 Å². The summed E-state index contributed by atoms with van der Waals surface area (Å²) < 4.78 is 1.03. The molecular formula is C13H19BrN2S. The molecule has 0 aliphatic carbocycles. The van der Waals surface area contributed by atoms with Crippen LogP contribution >= 0.6 is 28.1 Å². The molecule has 94 valence electrons. The molecule has 0 heterocycles. The summed E-state index contributed by atoms with van der Waals surface area (Å²) in [5.41, 5.74) is 7.61. The Hall–Kier alpha value is -0.610. The molecule has 0 unspecified atom stereocenters. The maximum Gasteiger partial charge on any atom is 0.106 e. The van der Waals surface area contributed by atoms with Crippen molar-refractivity contribution in [1.29, 1.82) is 0 Å². The minimum Gasteiger partial charge on any atom is -0.389 e. The van der Waals surface area contributed by atoms with Gasteiger partial charge in [0, 0.05) is 22.3 Å². The molecule has 0 saturated carbocycles. The number of rotatable bonds is 6. The summed E-state index contributed by atoms with van der Waals surface area (Å²) in [7, 11) is 0. The van der Waals surface area contributed by atoms with Crippen LogP contribution in [0.2, 0.25) is 0 Å². The first-order chi connectivity index (χ1) is 8.00. The van der Waals surface area contributed by atoms with Crippen LogP contribution < -0.4 is 11.1 Å². The van der Waals surface area contributed by atoms with Gasteiger partial charge in [-0.2, -0.15) is 0 Å². The van der Waals surface area contributed by atoms with Gasteiger partial charge < -0.3 is 11.1 Å². The summed E-state index contributed by atoms with van der Waals surface area (Å²) in [6, 6.07) is 5.91. The van der Waals surface area contributed by atoms with E-state index < -0.39 is 0 Å². The first kappa shape index (κ1) is 14.5. The summed E-state index contributed by atoms with van der Waals surface area (Å²) in [6.45, 7) is 5.42. The van der Waals surface area contributed by atoms with Crippen LogP contribution in [-0.4, -0.2) is 11.5 Å². The van der Waals surface area contributed by atoms with E-state index in [1.54, 1.807) is 0 Å². The number of thiocarbonyl (C=S) groups is 1. The smallest absolute Gasteiger partial charge is 0.106 e. The van der Waals surface area contributed by atoms with Crippen LogP contribution in [0.3, 0.4) is 0 Å². The molecule has 0 fully saturated rings. The third kappa shape index (κ3) is 5.04. The van der Waals surface area contributed by atoms with Crippen molar-refractivity contribution in [3.63, 3.8) is 0 Å². The largest absolute Gasteiger partial charge is 0.389 e. The Labute approximate surface area is 117 Å². The number of nitrogens with two attached hydrogens (primary N) is 1. The van der Waals surface area contributed by atoms with Crippen molar-refractivity contribution in [3.05, 3.63) is 28.2 Å². The predicted molar refractivity (Wildman–Crippen MR) is 82.6 cm³/mol. The molecule has 0 bridgehead atoms. The fraction of sp³-hybridized carbons (Fsp3) is 0.462. The lowest BCUT2D eigenvalue weighted by Crippen LogP contribution is -2.14. The molecule has 3 N–H and O–H groups in total. The topological polar surface area (TPSA) is 38.0 Å². The quantitative estimate of drug-likeness (QED) is 0.617. The highest BCUT2D eigenvalue weighted by Crippen LogP contribution is 2.21. The van der Waals surface area contributed by atoms with Gasteiger partial charge in [0.25, 0.3) is 0 Å². The molecule has 0 spiro atoms. The van der Waals surface area contributed by atoms with Crippen molar-refractivity contribution in [1.82, 2.24) is 0 Å². The standard InChI is InChI=1S/C13H19BrN2S/c1-9(2)4-3-7-16-12-8-10(14)5-6-11(12)13(15)17/h5-6,8-9,16H,3-4,7H2,1-2H3,(H2,15,17). The minimum absolute atomic E-state index is 0.434. The third-order valence-corrected chi connectivity index (χ3v) is 3.23. The Morgan fingerprint density at radius 1 is 1.47 bits per heavy atom. The Bertz CT molecular complexity index is 391. The molecule has 0 aromatic heterocycles. The van der Waals surface area contributed by atoms with Crippen molar-refractivity contribution in [2.24, 2.45) is 11.7 Å². The molecule has 0 aliphatic heterocycles. The number of nitrogens with one attached hydrogen (secondary N) is 1. The second-order valence-electron chi connectivity index (χ2n) is 4.52. The van der Waals surface area contributed by atoms with E-state index in [1.165, 1.54) is 6.42 Å². The van der Waals surface area contributed by atoms with E-state index in [2.05, 4.69) is 35.1 Å². The molecule has 0 aliphatic rings. The van der Waals surface area contributed by atoms with Crippen molar-refractivity contribution in [2.75, 3.05) is 11.9 Å². The van der Waals surface area contributed by atoms with Gasteiger partial charge in [-0.3, -0.25) is 0 Å². The van der Waals surface area contributed by atoms with Gasteiger partial charge >= 0.3 is 0 Å². The van der Waals surface area contributed by atoms with E-state index in [1.807, 2.05) is 18.2 Å². The molecule has 1 aromatic carbocycles. The maximum absolute atomic E-state index is 5.69. The number of hydrogen-bond donors (Lipinski definition) is 2. The van der Waals surface area contributed by atoms with Gasteiger partial charge in [-0.1, -0.05) is 42.0 Å². The normalized spacial score (nSPS) is 10.6. The fourth-order valence-corrected chi connectivity index (χ4v) is 2.15. The van der Waals surface area contributed by atoms with Crippen molar-refractivity contribution < 1.29 is 0 Å². The summed E-state index contributed by atoms with van der Waals surface area (Å²) in [5, 5.41) is 3.39. The SMILES string of the molecule is CC(C)CCCNc1cc(Br)ccc1C(N)=S. The Morgan fingerprint density at radius 3 is 2.76 bits per heavy atom. The zero-order chi connectivity index (χ0) is 12.8.